The van der Waals surface area contributed by atoms with E-state index in [9.17, 15) is 19.5 Å². The molecule has 0 spiro atoms. The van der Waals surface area contributed by atoms with Crippen LogP contribution in [0.5, 0.6) is 0 Å². The number of hydrogen-bond donors (Lipinski definition) is 2. The average Bonchev–Trinajstić information content (AvgIpc) is 3.09. The SMILES string of the molecule is CC(N(Cc1ccccc1)Cc1ccccc1)C(O)(CN1C(=O)c2ccccc2C1=O)C(N)=O. The van der Waals surface area contributed by atoms with Crippen LogP contribution in [0.4, 0.5) is 0 Å². The number of benzene rings is 3. The maximum Gasteiger partial charge on any atom is 0.261 e. The highest BCUT2D eigenvalue weighted by molar-refractivity contribution is 6.21. The van der Waals surface area contributed by atoms with Gasteiger partial charge in [0.15, 0.2) is 5.60 Å². The molecule has 0 saturated carbocycles. The summed E-state index contributed by atoms with van der Waals surface area (Å²) in [5.74, 6) is -2.10. The number of rotatable bonds is 9. The smallest absolute Gasteiger partial charge is 0.261 e. The van der Waals surface area contributed by atoms with Gasteiger partial charge in [-0.15, -0.1) is 0 Å². The molecule has 174 valence electrons. The minimum Gasteiger partial charge on any atom is -0.377 e. The molecule has 0 saturated heterocycles. The van der Waals surface area contributed by atoms with Crippen molar-refractivity contribution in [3.63, 3.8) is 0 Å². The highest BCUT2D eigenvalue weighted by Gasteiger charge is 2.48. The summed E-state index contributed by atoms with van der Waals surface area (Å²) in [6.07, 6.45) is 0. The number of imide groups is 1. The summed E-state index contributed by atoms with van der Waals surface area (Å²) in [6.45, 7) is 2.01. The number of nitrogens with two attached hydrogens (primary N) is 1. The van der Waals surface area contributed by atoms with Gasteiger partial charge in [-0.3, -0.25) is 24.2 Å². The predicted octanol–water partition coefficient (Wildman–Crippen LogP) is 2.59. The Bertz CT molecular complexity index is 1120. The molecule has 34 heavy (non-hydrogen) atoms. The van der Waals surface area contributed by atoms with Crippen molar-refractivity contribution >= 4 is 17.7 Å². The summed E-state index contributed by atoms with van der Waals surface area (Å²) >= 11 is 0. The molecule has 2 unspecified atom stereocenters. The number of nitrogens with zero attached hydrogens (tertiary/aromatic N) is 2. The lowest BCUT2D eigenvalue weighted by Crippen LogP contribution is -2.63. The molecule has 2 atom stereocenters. The van der Waals surface area contributed by atoms with Crippen LogP contribution >= 0.6 is 0 Å². The van der Waals surface area contributed by atoms with Crippen molar-refractivity contribution < 1.29 is 19.5 Å². The van der Waals surface area contributed by atoms with Gasteiger partial charge in [-0.2, -0.15) is 0 Å². The number of amides is 3. The van der Waals surface area contributed by atoms with E-state index in [1.807, 2.05) is 65.6 Å². The first-order chi connectivity index (χ1) is 16.3. The molecule has 1 aliphatic rings. The van der Waals surface area contributed by atoms with Gasteiger partial charge >= 0.3 is 0 Å². The second kappa shape index (κ2) is 9.59. The molecule has 7 nitrogen and oxygen atoms in total. The van der Waals surface area contributed by atoms with E-state index >= 15 is 0 Å². The summed E-state index contributed by atoms with van der Waals surface area (Å²) < 4.78 is 0. The predicted molar refractivity (Wildman–Crippen MR) is 128 cm³/mol. The average molecular weight is 458 g/mol. The third-order valence-corrected chi connectivity index (χ3v) is 6.40. The van der Waals surface area contributed by atoms with Gasteiger partial charge in [0.25, 0.3) is 17.7 Å². The topological polar surface area (TPSA) is 104 Å². The van der Waals surface area contributed by atoms with Crippen LogP contribution in [0.3, 0.4) is 0 Å². The minimum atomic E-state index is -2.17. The largest absolute Gasteiger partial charge is 0.377 e. The van der Waals surface area contributed by atoms with Crippen molar-refractivity contribution in [3.05, 3.63) is 107 Å². The Hall–Kier alpha value is -3.81. The van der Waals surface area contributed by atoms with E-state index in [2.05, 4.69) is 0 Å². The van der Waals surface area contributed by atoms with Gasteiger partial charge in [0, 0.05) is 19.1 Å². The van der Waals surface area contributed by atoms with Crippen LogP contribution in [0, 0.1) is 0 Å². The maximum atomic E-state index is 12.9. The lowest BCUT2D eigenvalue weighted by molar-refractivity contribution is -0.145. The van der Waals surface area contributed by atoms with E-state index < -0.39 is 35.9 Å². The van der Waals surface area contributed by atoms with Crippen LogP contribution in [0.15, 0.2) is 84.9 Å². The van der Waals surface area contributed by atoms with Gasteiger partial charge < -0.3 is 10.8 Å². The standard InChI is InChI=1S/C27H27N3O4/c1-19(29(16-20-10-4-2-5-11-20)17-21-12-6-3-7-13-21)27(34,26(28)33)18-30-24(31)22-14-8-9-15-23(22)25(30)32/h2-15,19,34H,16-18H2,1H3,(H2,28,33). The molecule has 4 rings (SSSR count). The van der Waals surface area contributed by atoms with E-state index in [0.29, 0.717) is 13.1 Å². The second-order valence-electron chi connectivity index (χ2n) is 8.58. The molecule has 1 aliphatic heterocycles. The van der Waals surface area contributed by atoms with E-state index in [-0.39, 0.29) is 11.1 Å². The number of carbonyl (C=O) groups excluding carboxylic acids is 3. The monoisotopic (exact) mass is 457 g/mol. The van der Waals surface area contributed by atoms with Crippen molar-refractivity contribution in [2.24, 2.45) is 5.73 Å². The molecule has 1 heterocycles. The molecule has 0 bridgehead atoms. The van der Waals surface area contributed by atoms with E-state index in [0.717, 1.165) is 16.0 Å². The second-order valence-corrected chi connectivity index (χ2v) is 8.58. The van der Waals surface area contributed by atoms with Crippen molar-refractivity contribution in [3.8, 4) is 0 Å². The summed E-state index contributed by atoms with van der Waals surface area (Å²) in [4.78, 5) is 41.3. The summed E-state index contributed by atoms with van der Waals surface area (Å²) in [7, 11) is 0. The Morgan fingerprint density at radius 2 is 1.26 bits per heavy atom. The summed E-state index contributed by atoms with van der Waals surface area (Å²) in [6, 6.07) is 24.9. The zero-order valence-corrected chi connectivity index (χ0v) is 18.9. The lowest BCUT2D eigenvalue weighted by atomic mass is 9.91. The van der Waals surface area contributed by atoms with Gasteiger partial charge in [0.2, 0.25) is 0 Å². The molecule has 7 heteroatoms. The quantitative estimate of drug-likeness (QED) is 0.481. The highest BCUT2D eigenvalue weighted by atomic mass is 16.3. The van der Waals surface area contributed by atoms with Gasteiger partial charge in [0.05, 0.1) is 17.7 Å². The Labute approximate surface area is 198 Å². The van der Waals surface area contributed by atoms with E-state index in [4.69, 9.17) is 5.73 Å². The molecular weight excluding hydrogens is 430 g/mol. The van der Waals surface area contributed by atoms with Gasteiger partial charge in [-0.25, -0.2) is 0 Å². The number of primary amides is 1. The van der Waals surface area contributed by atoms with Crippen LogP contribution in [-0.2, 0) is 17.9 Å². The molecule has 3 aromatic rings. The Balaban J connectivity index is 1.65. The maximum absolute atomic E-state index is 12.9. The highest BCUT2D eigenvalue weighted by Crippen LogP contribution is 2.28. The van der Waals surface area contributed by atoms with Crippen LogP contribution < -0.4 is 5.73 Å². The van der Waals surface area contributed by atoms with Crippen LogP contribution in [0.1, 0.15) is 38.8 Å². The Morgan fingerprint density at radius 1 is 0.853 bits per heavy atom. The first-order valence-corrected chi connectivity index (χ1v) is 11.1. The van der Waals surface area contributed by atoms with Crippen molar-refractivity contribution in [1.29, 1.82) is 0 Å². The lowest BCUT2D eigenvalue weighted by Gasteiger charge is -2.40. The fraction of sp³-hybridized carbons (Fsp3) is 0.222. The number of carbonyl (C=O) groups is 3. The number of β-amino-alcohol motifs (C(OH)–C–C–N with tert-alkyl or cyclic N) is 1. The van der Waals surface area contributed by atoms with Gasteiger partial charge in [-0.1, -0.05) is 72.8 Å². The Kier molecular flexibility index (Phi) is 6.58. The normalized spacial score (nSPS) is 15.8. The fourth-order valence-corrected chi connectivity index (χ4v) is 4.31. The molecule has 0 aromatic heterocycles. The number of aliphatic hydroxyl groups is 1. The van der Waals surface area contributed by atoms with Gasteiger partial charge in [-0.05, 0) is 30.2 Å². The minimum absolute atomic E-state index is 0.248. The van der Waals surface area contributed by atoms with Crippen LogP contribution in [0.2, 0.25) is 0 Å². The molecule has 0 fully saturated rings. The first kappa shape index (κ1) is 23.4. The van der Waals surface area contributed by atoms with Crippen molar-refractivity contribution in [2.45, 2.75) is 31.7 Å². The molecule has 0 radical (unpaired) electrons. The first-order valence-electron chi connectivity index (χ1n) is 11.1. The fourth-order valence-electron chi connectivity index (χ4n) is 4.31. The molecule has 3 aromatic carbocycles. The molecule has 3 N–H and O–H groups in total. The van der Waals surface area contributed by atoms with E-state index in [1.54, 1.807) is 31.2 Å². The summed E-state index contributed by atoms with van der Waals surface area (Å²) in [5, 5.41) is 11.6. The van der Waals surface area contributed by atoms with Crippen LogP contribution in [-0.4, -0.2) is 50.8 Å². The number of fused-ring (bicyclic) bond motifs is 1. The zero-order valence-electron chi connectivity index (χ0n) is 18.9. The third-order valence-electron chi connectivity index (χ3n) is 6.40. The van der Waals surface area contributed by atoms with Crippen molar-refractivity contribution in [1.82, 2.24) is 9.80 Å². The Morgan fingerprint density at radius 3 is 1.68 bits per heavy atom. The van der Waals surface area contributed by atoms with E-state index in [1.165, 1.54) is 0 Å². The molecular formula is C27H27N3O4. The zero-order chi connectivity index (χ0) is 24.3. The third kappa shape index (κ3) is 4.48. The van der Waals surface area contributed by atoms with Gasteiger partial charge in [0.1, 0.15) is 0 Å². The molecule has 0 aliphatic carbocycles. The number of hydrogen-bond acceptors (Lipinski definition) is 5. The summed E-state index contributed by atoms with van der Waals surface area (Å²) in [5.41, 5.74) is 6.00. The van der Waals surface area contributed by atoms with Crippen LogP contribution in [0.25, 0.3) is 0 Å². The van der Waals surface area contributed by atoms with Crippen molar-refractivity contribution in [2.75, 3.05) is 6.54 Å². The molecule has 3 amide bonds.